The lowest BCUT2D eigenvalue weighted by Gasteiger charge is -2.47. The number of hydrogen-bond donors (Lipinski definition) is 0. The summed E-state index contributed by atoms with van der Waals surface area (Å²) in [5, 5.41) is 4.42. The number of amides is 2. The molecule has 0 N–H and O–H groups in total. The van der Waals surface area contributed by atoms with Crippen LogP contribution in [0.1, 0.15) is 68.1 Å². The average Bonchev–Trinajstić information content (AvgIpc) is 3.70. The van der Waals surface area contributed by atoms with E-state index >= 15 is 0 Å². The minimum absolute atomic E-state index is 0. The summed E-state index contributed by atoms with van der Waals surface area (Å²) in [6.07, 6.45) is 6.24. The van der Waals surface area contributed by atoms with Gasteiger partial charge in [0, 0.05) is 56.4 Å². The van der Waals surface area contributed by atoms with Crippen molar-refractivity contribution in [3.05, 3.63) is 47.0 Å². The molecule has 1 aromatic carbocycles. The molecule has 4 saturated heterocycles. The maximum absolute atomic E-state index is 14.5. The van der Waals surface area contributed by atoms with Crippen LogP contribution in [0.3, 0.4) is 0 Å². The van der Waals surface area contributed by atoms with E-state index in [4.69, 9.17) is 9.47 Å². The highest BCUT2D eigenvalue weighted by atomic mass is 19.1. The van der Waals surface area contributed by atoms with Crippen molar-refractivity contribution in [2.24, 2.45) is 7.05 Å². The predicted molar refractivity (Wildman–Crippen MR) is 148 cm³/mol. The van der Waals surface area contributed by atoms with Gasteiger partial charge >= 0.3 is 6.09 Å². The summed E-state index contributed by atoms with van der Waals surface area (Å²) in [4.78, 5) is 33.0. The number of likely N-dealkylation sites (tertiary alicyclic amines) is 1. The number of halogens is 1. The van der Waals surface area contributed by atoms with E-state index in [9.17, 15) is 14.0 Å². The number of ether oxygens (including phenoxy) is 2. The van der Waals surface area contributed by atoms with Crippen LogP contribution >= 0.6 is 0 Å². The first-order chi connectivity index (χ1) is 19.3. The first-order valence-electron chi connectivity index (χ1n) is 14.7. The van der Waals surface area contributed by atoms with Crippen LogP contribution in [0, 0.1) is 12.7 Å². The fraction of sp³-hybridized carbons (Fsp3) is 0.633. The third-order valence-electron chi connectivity index (χ3n) is 10.2. The fourth-order valence-electron chi connectivity index (χ4n) is 7.92. The largest absolute Gasteiger partial charge is 0.444 e. The lowest BCUT2D eigenvalue weighted by atomic mass is 9.73. The molecule has 2 amide bonds. The number of carbonyl (C=O) groups is 2. The zero-order valence-electron chi connectivity index (χ0n) is 23.4. The van der Waals surface area contributed by atoms with Crippen molar-refractivity contribution in [3.63, 3.8) is 0 Å². The number of benzene rings is 1. The van der Waals surface area contributed by atoms with Gasteiger partial charge in [-0.3, -0.25) is 9.48 Å². The van der Waals surface area contributed by atoms with Gasteiger partial charge in [-0.1, -0.05) is 0 Å². The van der Waals surface area contributed by atoms with Gasteiger partial charge in [-0.25, -0.2) is 9.18 Å². The van der Waals surface area contributed by atoms with E-state index in [0.29, 0.717) is 31.5 Å². The molecule has 0 aliphatic carbocycles. The molecule has 2 bridgehead atoms. The zero-order chi connectivity index (χ0) is 27.6. The first-order valence-corrected chi connectivity index (χ1v) is 14.7. The summed E-state index contributed by atoms with van der Waals surface area (Å²) in [5.74, 6) is -0.389. The summed E-state index contributed by atoms with van der Waals surface area (Å²) in [7, 11) is 1.83. The summed E-state index contributed by atoms with van der Waals surface area (Å²) in [5.41, 5.74) is 2.83. The van der Waals surface area contributed by atoms with Crippen molar-refractivity contribution >= 4 is 17.7 Å². The van der Waals surface area contributed by atoms with E-state index in [0.717, 1.165) is 75.0 Å². The van der Waals surface area contributed by atoms with E-state index in [-0.39, 0.29) is 42.8 Å². The standard InChI is InChI=1S/C30H38FN5O4.H2/c1-19-13-26(32-33(19)2)28(37)35-18-30(25-14-20(31)3-6-27(25)35)8-10-34(11-9-30)23-15-21-4-5-22(16-23)36(21)29(38)40-24-7-12-39-17-24;/h3,6,13-14,21-24H,4-5,7-12,15-18H2,1-2H3;1H/t21?,22?,23?,24-;/m0./s1. The summed E-state index contributed by atoms with van der Waals surface area (Å²) >= 11 is 0. The van der Waals surface area contributed by atoms with Crippen molar-refractivity contribution in [2.45, 2.75) is 81.5 Å². The molecule has 3 atom stereocenters. The fourth-order valence-corrected chi connectivity index (χ4v) is 7.92. The SMILES string of the molecule is Cc1cc(C(=O)N2CC3(CCN(C4CC5CCC(C4)N5C(=O)O[C@H]4CCOC4)CC3)c3cc(F)ccc32)nn1C.[HH]. The molecule has 5 aliphatic rings. The van der Waals surface area contributed by atoms with Crippen molar-refractivity contribution < 1.29 is 24.9 Å². The van der Waals surface area contributed by atoms with Crippen molar-refractivity contribution in [1.29, 1.82) is 0 Å². The second-order valence-electron chi connectivity index (χ2n) is 12.5. The van der Waals surface area contributed by atoms with Crippen LogP contribution in [0.15, 0.2) is 24.3 Å². The van der Waals surface area contributed by atoms with Crippen LogP contribution < -0.4 is 4.90 Å². The van der Waals surface area contributed by atoms with Gasteiger partial charge in [0.15, 0.2) is 5.69 Å². The third-order valence-corrected chi connectivity index (χ3v) is 10.2. The molecule has 1 aromatic heterocycles. The number of aryl methyl sites for hydroxylation is 2. The van der Waals surface area contributed by atoms with Crippen LogP contribution in [0.2, 0.25) is 0 Å². The molecular weight excluding hydrogens is 513 g/mol. The molecule has 2 aromatic rings. The van der Waals surface area contributed by atoms with Gasteiger partial charge in [0.1, 0.15) is 11.9 Å². The van der Waals surface area contributed by atoms with E-state index in [1.807, 2.05) is 29.8 Å². The van der Waals surface area contributed by atoms with Gasteiger partial charge in [-0.05, 0) is 88.4 Å². The molecule has 7 rings (SSSR count). The van der Waals surface area contributed by atoms with Crippen LogP contribution in [-0.4, -0.2) is 88.7 Å². The Morgan fingerprint density at radius 2 is 1.85 bits per heavy atom. The smallest absolute Gasteiger partial charge is 0.410 e. The summed E-state index contributed by atoms with van der Waals surface area (Å²) < 4.78 is 27.4. The van der Waals surface area contributed by atoms with Crippen LogP contribution in [-0.2, 0) is 21.9 Å². The number of hydrogen-bond acceptors (Lipinski definition) is 6. The van der Waals surface area contributed by atoms with E-state index in [1.54, 1.807) is 16.8 Å². The van der Waals surface area contributed by atoms with Crippen LogP contribution in [0.25, 0.3) is 0 Å². The third kappa shape index (κ3) is 4.31. The molecule has 0 radical (unpaired) electrons. The minimum Gasteiger partial charge on any atom is -0.444 e. The average molecular weight is 554 g/mol. The lowest BCUT2D eigenvalue weighted by Crippen LogP contribution is -2.56. The number of rotatable bonds is 3. The maximum Gasteiger partial charge on any atom is 0.410 e. The zero-order valence-corrected chi connectivity index (χ0v) is 23.4. The molecule has 1 spiro atoms. The maximum atomic E-state index is 14.5. The van der Waals surface area contributed by atoms with Crippen LogP contribution in [0.4, 0.5) is 14.9 Å². The molecule has 40 heavy (non-hydrogen) atoms. The van der Waals surface area contributed by atoms with E-state index < -0.39 is 0 Å². The molecule has 10 heteroatoms. The predicted octanol–water partition coefficient (Wildman–Crippen LogP) is 4.03. The summed E-state index contributed by atoms with van der Waals surface area (Å²) in [6, 6.07) is 7.54. The second-order valence-corrected chi connectivity index (χ2v) is 12.5. The normalized spacial score (nSPS) is 29.3. The molecule has 216 valence electrons. The second kappa shape index (κ2) is 9.83. The number of piperidine rings is 2. The quantitative estimate of drug-likeness (QED) is 0.571. The molecule has 0 saturated carbocycles. The van der Waals surface area contributed by atoms with Crippen molar-refractivity contribution in [2.75, 3.05) is 37.7 Å². The Balaban J connectivity index is 0.00000302. The van der Waals surface area contributed by atoms with Gasteiger partial charge in [-0.2, -0.15) is 5.10 Å². The number of anilines is 1. The molecule has 9 nitrogen and oxygen atoms in total. The van der Waals surface area contributed by atoms with Gasteiger partial charge < -0.3 is 24.2 Å². The monoisotopic (exact) mass is 553 g/mol. The Labute approximate surface area is 235 Å². The van der Waals surface area contributed by atoms with Gasteiger partial charge in [0.05, 0.1) is 13.2 Å². The topological polar surface area (TPSA) is 80.1 Å². The molecule has 5 aliphatic heterocycles. The number of nitrogens with zero attached hydrogens (tertiary/aromatic N) is 5. The van der Waals surface area contributed by atoms with E-state index in [1.165, 1.54) is 6.07 Å². The Morgan fingerprint density at radius 3 is 2.50 bits per heavy atom. The Hall–Kier alpha value is -2.98. The Kier molecular flexibility index (Phi) is 6.38. The minimum atomic E-state index is -0.264. The lowest BCUT2D eigenvalue weighted by molar-refractivity contribution is 0.00970. The van der Waals surface area contributed by atoms with Gasteiger partial charge in [0.25, 0.3) is 5.91 Å². The van der Waals surface area contributed by atoms with E-state index in [2.05, 4.69) is 10.00 Å². The van der Waals surface area contributed by atoms with Crippen molar-refractivity contribution in [3.8, 4) is 0 Å². The van der Waals surface area contributed by atoms with Gasteiger partial charge in [-0.15, -0.1) is 0 Å². The Bertz CT molecular complexity index is 1290. The first kappa shape index (κ1) is 26.0. The number of fused-ring (bicyclic) bond motifs is 4. The highest BCUT2D eigenvalue weighted by molar-refractivity contribution is 6.06. The van der Waals surface area contributed by atoms with Crippen LogP contribution in [0.5, 0.6) is 0 Å². The van der Waals surface area contributed by atoms with Gasteiger partial charge in [0.2, 0.25) is 0 Å². The highest BCUT2D eigenvalue weighted by Gasteiger charge is 2.50. The highest BCUT2D eigenvalue weighted by Crippen LogP contribution is 2.49. The molecule has 4 fully saturated rings. The van der Waals surface area contributed by atoms with Crippen molar-refractivity contribution in [1.82, 2.24) is 19.6 Å². The molecule has 2 unspecified atom stereocenters. The number of carbonyl (C=O) groups excluding carboxylic acids is 2. The molecular formula is C30H40FN5O4. The summed E-state index contributed by atoms with van der Waals surface area (Å²) in [6.45, 7) is 5.44. The molecule has 6 heterocycles. The Morgan fingerprint density at radius 1 is 1.10 bits per heavy atom. The number of aromatic nitrogens is 2.